The second kappa shape index (κ2) is 26.2. The van der Waals surface area contributed by atoms with Crippen LogP contribution in [0.5, 0.6) is 0 Å². The zero-order valence-corrected chi connectivity index (χ0v) is 42.0. The molecule has 3 aromatic rings. The molecule has 2 unspecified atom stereocenters. The van der Waals surface area contributed by atoms with E-state index in [0.29, 0.717) is 96.5 Å². The summed E-state index contributed by atoms with van der Waals surface area (Å²) < 4.78 is 63.2. The maximum atomic E-state index is 14.1. The Morgan fingerprint density at radius 3 is 2.15 bits per heavy atom. The van der Waals surface area contributed by atoms with Crippen molar-refractivity contribution in [1.29, 1.82) is 0 Å². The second-order valence-electron chi connectivity index (χ2n) is 19.7. The fourth-order valence-electron chi connectivity index (χ4n) is 10.6. The number of ether oxygens (including phenoxy) is 4. The standard InChI is InChI=1S/C51H73F3N10O8/c1-33(2)62(3)38-12-14-44(64-19-15-42(50(64)68)61-47-39-28-36(51(52,53)54)9-13-41(39)58-32-59-47)43(29-38)60-37-10-7-34(8-11-37)48(66)56-17-20-69-22-24-71-26-27-72-25-23-70-21-18-57-49(67)40-30-45(65)63(4)46(40)35-6-5-16-55-31-35/h5-6,9,13,16,28,31-34,37-38,40,42-44,46,60H,7-8,10-12,14-15,17-27,29-30H2,1-4H3,(H,56,66)(H,57,67)(H,58,59,61)/t34?,37?,38?,40-,42-,43+,44?,46+/m0/s1. The van der Waals surface area contributed by atoms with Crippen LogP contribution in [0.2, 0.25) is 0 Å². The van der Waals surface area contributed by atoms with Crippen molar-refractivity contribution >= 4 is 40.3 Å². The molecule has 0 radical (unpaired) electrons. The van der Waals surface area contributed by atoms with Crippen LogP contribution in [0.3, 0.4) is 0 Å². The lowest BCUT2D eigenvalue weighted by molar-refractivity contribution is -0.137. The number of hydrogen-bond acceptors (Lipinski definition) is 14. The predicted molar refractivity (Wildman–Crippen MR) is 262 cm³/mol. The van der Waals surface area contributed by atoms with Crippen LogP contribution >= 0.6 is 0 Å². The monoisotopic (exact) mass is 1010 g/mol. The minimum atomic E-state index is -4.52. The molecule has 396 valence electrons. The summed E-state index contributed by atoms with van der Waals surface area (Å²) in [4.78, 5) is 71.0. The Balaban J connectivity index is 0.737. The molecule has 2 aliphatic heterocycles. The Labute approximate surface area is 420 Å². The zero-order valence-electron chi connectivity index (χ0n) is 42.0. The summed E-state index contributed by atoms with van der Waals surface area (Å²) in [6.45, 7) is 8.64. The number of nitrogens with one attached hydrogen (secondary N) is 4. The number of carbonyl (C=O) groups excluding carboxylic acids is 4. The van der Waals surface area contributed by atoms with Gasteiger partial charge in [0.25, 0.3) is 0 Å². The van der Waals surface area contributed by atoms with E-state index in [1.807, 2.05) is 11.0 Å². The molecule has 18 nitrogen and oxygen atoms in total. The van der Waals surface area contributed by atoms with E-state index < -0.39 is 23.7 Å². The van der Waals surface area contributed by atoms with Crippen molar-refractivity contribution in [2.45, 2.75) is 120 Å². The molecule has 2 aromatic heterocycles. The van der Waals surface area contributed by atoms with E-state index >= 15 is 0 Å². The SMILES string of the molecule is CC(C)N(C)C1CCC(N2CC[C@H](Nc3ncnc4ccc(C(F)(F)F)cc34)C2=O)[C@H](NC2CCC(C(=O)NCCOCCOCCOCCOCCNC(=O)[C@H]3CC(=O)N(C)[C@@H]3c3cccnc3)CC2)C1. The molecule has 6 atom stereocenters. The number of anilines is 1. The number of alkyl halides is 3. The first-order valence-electron chi connectivity index (χ1n) is 25.6. The number of fused-ring (bicyclic) bond motifs is 1. The van der Waals surface area contributed by atoms with Gasteiger partial charge in [-0.25, -0.2) is 9.97 Å². The molecule has 4 amide bonds. The highest BCUT2D eigenvalue weighted by Crippen LogP contribution is 2.38. The topological polar surface area (TPSA) is 202 Å². The molecule has 7 rings (SSSR count). The fraction of sp³-hybridized carbons (Fsp3) is 0.667. The van der Waals surface area contributed by atoms with E-state index in [1.54, 1.807) is 30.4 Å². The molecular weight excluding hydrogens is 938 g/mol. The van der Waals surface area contributed by atoms with Gasteiger partial charge in [-0.15, -0.1) is 0 Å². The Morgan fingerprint density at radius 2 is 1.51 bits per heavy atom. The number of likely N-dealkylation sites (tertiary alicyclic amines) is 2. The third-order valence-electron chi connectivity index (χ3n) is 14.8. The van der Waals surface area contributed by atoms with E-state index in [2.05, 4.69) is 62.0 Å². The van der Waals surface area contributed by atoms with Crippen molar-refractivity contribution in [3.05, 3.63) is 60.2 Å². The number of rotatable bonds is 25. The normalized spacial score (nSPS) is 25.0. The first-order valence-corrected chi connectivity index (χ1v) is 25.6. The maximum absolute atomic E-state index is 14.1. The third kappa shape index (κ3) is 14.6. The summed E-state index contributed by atoms with van der Waals surface area (Å²) in [5, 5.41) is 13.3. The maximum Gasteiger partial charge on any atom is 0.416 e. The predicted octanol–water partition coefficient (Wildman–Crippen LogP) is 4.35. The Morgan fingerprint density at radius 1 is 0.847 bits per heavy atom. The quantitative estimate of drug-likeness (QED) is 0.0873. The van der Waals surface area contributed by atoms with Gasteiger partial charge in [-0.1, -0.05) is 6.07 Å². The summed E-state index contributed by atoms with van der Waals surface area (Å²) in [5.41, 5.74) is 0.395. The Hall–Kier alpha value is -5.06. The van der Waals surface area contributed by atoms with Gasteiger partial charge in [-0.3, -0.25) is 24.2 Å². The van der Waals surface area contributed by atoms with Crippen LogP contribution in [0, 0.1) is 11.8 Å². The van der Waals surface area contributed by atoms with Crippen molar-refractivity contribution in [3.8, 4) is 0 Å². The second-order valence-corrected chi connectivity index (χ2v) is 19.7. The van der Waals surface area contributed by atoms with Gasteiger partial charge in [0.05, 0.1) is 75.9 Å². The molecule has 4 aliphatic rings. The number of halogens is 3. The van der Waals surface area contributed by atoms with Gasteiger partial charge >= 0.3 is 6.18 Å². The molecule has 2 aliphatic carbocycles. The van der Waals surface area contributed by atoms with Crippen molar-refractivity contribution < 1.29 is 51.3 Å². The Bertz CT molecular complexity index is 2240. The molecule has 1 aromatic carbocycles. The first-order chi connectivity index (χ1) is 34.7. The molecule has 2 saturated heterocycles. The molecule has 0 spiro atoms. The number of benzene rings is 1. The van der Waals surface area contributed by atoms with E-state index in [-0.39, 0.29) is 71.3 Å². The summed E-state index contributed by atoms with van der Waals surface area (Å²) in [6.07, 6.45) is 6.61. The lowest BCUT2D eigenvalue weighted by Crippen LogP contribution is -2.59. The van der Waals surface area contributed by atoms with Crippen LogP contribution in [0.1, 0.15) is 88.8 Å². The highest BCUT2D eigenvalue weighted by atomic mass is 19.4. The number of aromatic nitrogens is 3. The van der Waals surface area contributed by atoms with Gasteiger partial charge in [-0.05, 0) is 102 Å². The molecule has 0 bridgehead atoms. The number of pyridine rings is 1. The summed E-state index contributed by atoms with van der Waals surface area (Å²) in [7, 11) is 3.86. The van der Waals surface area contributed by atoms with E-state index in [0.717, 1.165) is 62.6 Å². The minimum absolute atomic E-state index is 0.0328. The average Bonchev–Trinajstić information content (AvgIpc) is 3.89. The van der Waals surface area contributed by atoms with Crippen LogP contribution in [0.25, 0.3) is 10.9 Å². The van der Waals surface area contributed by atoms with E-state index in [9.17, 15) is 32.3 Å². The molecule has 2 saturated carbocycles. The van der Waals surface area contributed by atoms with Crippen molar-refractivity contribution in [2.24, 2.45) is 11.8 Å². The molecule has 4 fully saturated rings. The molecule has 4 heterocycles. The number of carbonyl (C=O) groups is 4. The number of nitrogens with zero attached hydrogens (tertiary/aromatic N) is 6. The smallest absolute Gasteiger partial charge is 0.377 e. The molecule has 4 N–H and O–H groups in total. The summed E-state index contributed by atoms with van der Waals surface area (Å²) in [5.74, 6) is -0.666. The van der Waals surface area contributed by atoms with E-state index in [1.165, 1.54) is 12.4 Å². The largest absolute Gasteiger partial charge is 0.416 e. The van der Waals surface area contributed by atoms with Gasteiger partial charge < -0.3 is 54.9 Å². The Kier molecular flexibility index (Phi) is 19.9. The summed E-state index contributed by atoms with van der Waals surface area (Å²) in [6, 6.07) is 6.96. The lowest BCUT2D eigenvalue weighted by Gasteiger charge is -2.46. The summed E-state index contributed by atoms with van der Waals surface area (Å²) >= 11 is 0. The molecular formula is C51H73F3N10O8. The van der Waals surface area contributed by atoms with E-state index in [4.69, 9.17) is 18.9 Å². The van der Waals surface area contributed by atoms with Gasteiger partial charge in [0, 0.05) is 87.0 Å². The van der Waals surface area contributed by atoms with Crippen LogP contribution < -0.4 is 21.3 Å². The number of amides is 4. The van der Waals surface area contributed by atoms with Gasteiger partial charge in [-0.2, -0.15) is 13.2 Å². The van der Waals surface area contributed by atoms with Gasteiger partial charge in [0.2, 0.25) is 23.6 Å². The highest BCUT2D eigenvalue weighted by molar-refractivity contribution is 5.93. The lowest BCUT2D eigenvalue weighted by atomic mass is 9.81. The fourth-order valence-corrected chi connectivity index (χ4v) is 10.6. The van der Waals surface area contributed by atoms with Gasteiger partial charge in [0.1, 0.15) is 18.2 Å². The van der Waals surface area contributed by atoms with Crippen molar-refractivity contribution in [1.82, 2.24) is 45.6 Å². The van der Waals surface area contributed by atoms with Gasteiger partial charge in [0.15, 0.2) is 0 Å². The van der Waals surface area contributed by atoms with Crippen LogP contribution in [0.15, 0.2) is 49.1 Å². The van der Waals surface area contributed by atoms with Crippen LogP contribution in [-0.4, -0.2) is 176 Å². The highest BCUT2D eigenvalue weighted by Gasteiger charge is 2.45. The minimum Gasteiger partial charge on any atom is -0.377 e. The number of hydrogen-bond donors (Lipinski definition) is 4. The third-order valence-corrected chi connectivity index (χ3v) is 14.8. The average molecular weight is 1010 g/mol. The first kappa shape index (κ1) is 54.7. The van der Waals surface area contributed by atoms with Crippen molar-refractivity contribution in [3.63, 3.8) is 0 Å². The zero-order chi connectivity index (χ0) is 51.2. The van der Waals surface area contributed by atoms with Crippen molar-refractivity contribution in [2.75, 3.05) is 91.9 Å². The molecule has 72 heavy (non-hydrogen) atoms. The molecule has 21 heteroatoms. The van der Waals surface area contributed by atoms with Crippen LogP contribution in [-0.2, 0) is 44.3 Å². The van der Waals surface area contributed by atoms with Crippen LogP contribution in [0.4, 0.5) is 19.0 Å².